The van der Waals surface area contributed by atoms with Crippen LogP contribution in [0.15, 0.2) is 5.16 Å². The Morgan fingerprint density at radius 3 is 2.75 bits per heavy atom. The Labute approximate surface area is 98.5 Å². The fourth-order valence-corrected chi connectivity index (χ4v) is 2.76. The van der Waals surface area contributed by atoms with E-state index in [1.807, 2.05) is 0 Å². The van der Waals surface area contributed by atoms with Gasteiger partial charge in [0, 0.05) is 18.5 Å². The molecule has 2 atom stereocenters. The Bertz CT molecular complexity index is 240. The van der Waals surface area contributed by atoms with E-state index < -0.39 is 0 Å². The van der Waals surface area contributed by atoms with Crippen molar-refractivity contribution in [1.82, 2.24) is 4.90 Å². The summed E-state index contributed by atoms with van der Waals surface area (Å²) in [6, 6.07) is 1.09. The number of likely N-dealkylation sites (tertiary alicyclic amines) is 1. The molecular weight excluding hydrogens is 202 g/mol. The van der Waals surface area contributed by atoms with Crippen molar-refractivity contribution in [1.29, 1.82) is 0 Å². The van der Waals surface area contributed by atoms with Gasteiger partial charge >= 0.3 is 0 Å². The number of oxime groups is 1. The van der Waals surface area contributed by atoms with Gasteiger partial charge in [-0.1, -0.05) is 25.9 Å². The lowest BCUT2D eigenvalue weighted by atomic mass is 9.99. The minimum Gasteiger partial charge on any atom is -0.409 e. The van der Waals surface area contributed by atoms with Gasteiger partial charge in [0.05, 0.1) is 0 Å². The third-order valence-corrected chi connectivity index (χ3v) is 3.63. The van der Waals surface area contributed by atoms with Gasteiger partial charge < -0.3 is 10.9 Å². The average Bonchev–Trinajstić information content (AvgIpc) is 2.74. The third kappa shape index (κ3) is 3.11. The van der Waals surface area contributed by atoms with E-state index in [0.29, 0.717) is 30.3 Å². The van der Waals surface area contributed by atoms with Crippen molar-refractivity contribution in [3.05, 3.63) is 0 Å². The zero-order valence-corrected chi connectivity index (χ0v) is 10.7. The van der Waals surface area contributed by atoms with Crippen molar-refractivity contribution in [3.63, 3.8) is 0 Å². The van der Waals surface area contributed by atoms with Crippen LogP contribution in [0, 0.1) is 5.92 Å². The van der Waals surface area contributed by atoms with Crippen LogP contribution in [0.2, 0.25) is 0 Å². The number of rotatable bonds is 5. The Morgan fingerprint density at radius 2 is 2.25 bits per heavy atom. The van der Waals surface area contributed by atoms with Gasteiger partial charge in [0.15, 0.2) is 0 Å². The molecule has 3 N–H and O–H groups in total. The third-order valence-electron chi connectivity index (χ3n) is 3.63. The first kappa shape index (κ1) is 13.3. The van der Waals surface area contributed by atoms with Gasteiger partial charge in [-0.05, 0) is 31.7 Å². The Kier molecular flexibility index (Phi) is 5.06. The molecule has 0 radical (unpaired) electrons. The first-order valence-electron chi connectivity index (χ1n) is 6.32. The minimum atomic E-state index is 0.348. The van der Waals surface area contributed by atoms with E-state index in [-0.39, 0.29) is 0 Å². The zero-order chi connectivity index (χ0) is 12.1. The van der Waals surface area contributed by atoms with Crippen LogP contribution in [-0.2, 0) is 0 Å². The second kappa shape index (κ2) is 6.09. The van der Waals surface area contributed by atoms with E-state index in [1.54, 1.807) is 0 Å². The monoisotopic (exact) mass is 227 g/mol. The standard InChI is InChI=1S/C12H25N3O/c1-4-10(8-12(13)14-16)15-7-5-6-11(15)9(2)3/h9-11,16H,4-8H2,1-3H3,(H2,13,14). The zero-order valence-electron chi connectivity index (χ0n) is 10.7. The lowest BCUT2D eigenvalue weighted by Crippen LogP contribution is -2.43. The predicted octanol–water partition coefficient (Wildman–Crippen LogP) is 2.02. The quantitative estimate of drug-likeness (QED) is 0.327. The number of amidine groups is 1. The summed E-state index contributed by atoms with van der Waals surface area (Å²) in [5, 5.41) is 11.7. The molecule has 0 aromatic heterocycles. The fraction of sp³-hybridized carbons (Fsp3) is 0.917. The Hall–Kier alpha value is -0.770. The molecule has 16 heavy (non-hydrogen) atoms. The molecule has 1 fully saturated rings. The van der Waals surface area contributed by atoms with Gasteiger partial charge in [-0.25, -0.2) is 0 Å². The van der Waals surface area contributed by atoms with Crippen molar-refractivity contribution >= 4 is 5.84 Å². The largest absolute Gasteiger partial charge is 0.409 e. The molecule has 0 spiro atoms. The van der Waals surface area contributed by atoms with Crippen LogP contribution in [-0.4, -0.2) is 34.6 Å². The van der Waals surface area contributed by atoms with Gasteiger partial charge in [-0.3, -0.25) is 4.90 Å². The summed E-state index contributed by atoms with van der Waals surface area (Å²) < 4.78 is 0. The van der Waals surface area contributed by atoms with E-state index in [4.69, 9.17) is 10.9 Å². The molecule has 1 aliphatic heterocycles. The van der Waals surface area contributed by atoms with E-state index in [0.717, 1.165) is 13.0 Å². The average molecular weight is 227 g/mol. The van der Waals surface area contributed by atoms with Crippen LogP contribution in [0.25, 0.3) is 0 Å². The van der Waals surface area contributed by atoms with Gasteiger partial charge in [0.2, 0.25) is 0 Å². The maximum Gasteiger partial charge on any atom is 0.140 e. The molecule has 2 unspecified atom stereocenters. The molecule has 94 valence electrons. The lowest BCUT2D eigenvalue weighted by molar-refractivity contribution is 0.144. The lowest BCUT2D eigenvalue weighted by Gasteiger charge is -2.34. The van der Waals surface area contributed by atoms with Crippen LogP contribution >= 0.6 is 0 Å². The van der Waals surface area contributed by atoms with Crippen LogP contribution in [0.4, 0.5) is 0 Å². The van der Waals surface area contributed by atoms with E-state index in [9.17, 15) is 0 Å². The van der Waals surface area contributed by atoms with Crippen molar-refractivity contribution in [2.45, 2.75) is 58.5 Å². The first-order valence-corrected chi connectivity index (χ1v) is 6.32. The smallest absolute Gasteiger partial charge is 0.140 e. The number of hydrogen-bond acceptors (Lipinski definition) is 3. The molecule has 0 saturated carbocycles. The van der Waals surface area contributed by atoms with Crippen molar-refractivity contribution in [3.8, 4) is 0 Å². The second-order valence-corrected chi connectivity index (χ2v) is 5.05. The molecule has 0 bridgehead atoms. The maximum absolute atomic E-state index is 8.64. The molecule has 4 nitrogen and oxygen atoms in total. The summed E-state index contributed by atoms with van der Waals surface area (Å²) >= 11 is 0. The predicted molar refractivity (Wildman–Crippen MR) is 66.7 cm³/mol. The summed E-state index contributed by atoms with van der Waals surface area (Å²) in [5.74, 6) is 1.03. The van der Waals surface area contributed by atoms with Crippen molar-refractivity contribution < 1.29 is 5.21 Å². The summed E-state index contributed by atoms with van der Waals surface area (Å²) in [5.41, 5.74) is 5.61. The van der Waals surface area contributed by atoms with Gasteiger partial charge in [0.25, 0.3) is 0 Å². The normalized spacial score (nSPS) is 25.2. The van der Waals surface area contributed by atoms with Crippen molar-refractivity contribution in [2.24, 2.45) is 16.8 Å². The fourth-order valence-electron chi connectivity index (χ4n) is 2.76. The van der Waals surface area contributed by atoms with Crippen LogP contribution in [0.5, 0.6) is 0 Å². The minimum absolute atomic E-state index is 0.348. The maximum atomic E-state index is 8.64. The highest BCUT2D eigenvalue weighted by molar-refractivity contribution is 5.80. The second-order valence-electron chi connectivity index (χ2n) is 5.05. The molecule has 0 aromatic carbocycles. The van der Waals surface area contributed by atoms with Crippen LogP contribution in [0.3, 0.4) is 0 Å². The van der Waals surface area contributed by atoms with Gasteiger partial charge in [0.1, 0.15) is 5.84 Å². The van der Waals surface area contributed by atoms with E-state index in [1.165, 1.54) is 12.8 Å². The molecule has 1 heterocycles. The van der Waals surface area contributed by atoms with Crippen molar-refractivity contribution in [2.75, 3.05) is 6.54 Å². The number of nitrogens with zero attached hydrogens (tertiary/aromatic N) is 2. The van der Waals surface area contributed by atoms with E-state index in [2.05, 4.69) is 30.8 Å². The number of nitrogens with two attached hydrogens (primary N) is 1. The highest BCUT2D eigenvalue weighted by atomic mass is 16.4. The summed E-state index contributed by atoms with van der Waals surface area (Å²) in [4.78, 5) is 2.54. The molecule has 1 aliphatic rings. The first-order chi connectivity index (χ1) is 7.60. The van der Waals surface area contributed by atoms with Crippen LogP contribution in [0.1, 0.15) is 46.5 Å². The molecule has 4 heteroatoms. The molecular formula is C12H25N3O. The SMILES string of the molecule is CCC(CC(N)=NO)N1CCCC1C(C)C. The topological polar surface area (TPSA) is 61.9 Å². The highest BCUT2D eigenvalue weighted by Gasteiger charge is 2.31. The van der Waals surface area contributed by atoms with Gasteiger partial charge in [-0.15, -0.1) is 0 Å². The van der Waals surface area contributed by atoms with Crippen LogP contribution < -0.4 is 5.73 Å². The molecule has 0 aromatic rings. The number of hydrogen-bond donors (Lipinski definition) is 2. The molecule has 0 amide bonds. The molecule has 0 aliphatic carbocycles. The van der Waals surface area contributed by atoms with Gasteiger partial charge in [-0.2, -0.15) is 0 Å². The Balaban J connectivity index is 2.64. The molecule has 1 rings (SSSR count). The van der Waals surface area contributed by atoms with E-state index >= 15 is 0 Å². The summed E-state index contributed by atoms with van der Waals surface area (Å²) in [7, 11) is 0. The molecule has 1 saturated heterocycles. The summed E-state index contributed by atoms with van der Waals surface area (Å²) in [6.45, 7) is 7.88. The Morgan fingerprint density at radius 1 is 1.56 bits per heavy atom. The highest BCUT2D eigenvalue weighted by Crippen LogP contribution is 2.27. The summed E-state index contributed by atoms with van der Waals surface area (Å²) in [6.07, 6.45) is 4.29.